The van der Waals surface area contributed by atoms with E-state index in [9.17, 15) is 0 Å². The summed E-state index contributed by atoms with van der Waals surface area (Å²) < 4.78 is 0. The third-order valence-corrected chi connectivity index (χ3v) is 4.51. The second kappa shape index (κ2) is 5.05. The van der Waals surface area contributed by atoms with Crippen LogP contribution in [0.15, 0.2) is 0 Å². The van der Waals surface area contributed by atoms with Crippen LogP contribution >= 0.6 is 0 Å². The van der Waals surface area contributed by atoms with Crippen molar-refractivity contribution in [1.82, 2.24) is 4.90 Å². The SMILES string of the molecule is CCCN(C1CC1)C1(CN)CCCC(C)C1. The van der Waals surface area contributed by atoms with Crippen LogP contribution < -0.4 is 5.73 Å². The van der Waals surface area contributed by atoms with Gasteiger partial charge in [0.2, 0.25) is 0 Å². The summed E-state index contributed by atoms with van der Waals surface area (Å²) in [4.78, 5) is 2.78. The van der Waals surface area contributed by atoms with Crippen LogP contribution in [0.25, 0.3) is 0 Å². The molecule has 2 saturated carbocycles. The van der Waals surface area contributed by atoms with E-state index in [0.29, 0.717) is 5.54 Å². The van der Waals surface area contributed by atoms with Crippen molar-refractivity contribution in [3.63, 3.8) is 0 Å². The Morgan fingerprint density at radius 2 is 2.06 bits per heavy atom. The van der Waals surface area contributed by atoms with Crippen LogP contribution in [-0.4, -0.2) is 29.6 Å². The minimum absolute atomic E-state index is 0.356. The van der Waals surface area contributed by atoms with Crippen LogP contribution in [0.3, 0.4) is 0 Å². The van der Waals surface area contributed by atoms with Crippen LogP contribution in [0.1, 0.15) is 58.8 Å². The third-order valence-electron chi connectivity index (χ3n) is 4.51. The molecule has 0 amide bonds. The van der Waals surface area contributed by atoms with E-state index in [1.54, 1.807) is 0 Å². The van der Waals surface area contributed by atoms with E-state index in [0.717, 1.165) is 18.5 Å². The fourth-order valence-corrected chi connectivity index (χ4v) is 3.63. The Hall–Kier alpha value is -0.0800. The Labute approximate surface area is 101 Å². The Balaban J connectivity index is 2.09. The number of nitrogens with two attached hydrogens (primary N) is 1. The zero-order chi connectivity index (χ0) is 11.6. The second-order valence-electron chi connectivity index (χ2n) is 6.05. The molecule has 0 heterocycles. The maximum atomic E-state index is 6.16. The van der Waals surface area contributed by atoms with Crippen LogP contribution in [0.5, 0.6) is 0 Å². The average Bonchev–Trinajstić information content (AvgIpc) is 3.09. The van der Waals surface area contributed by atoms with E-state index in [1.807, 2.05) is 0 Å². The first-order chi connectivity index (χ1) is 7.72. The minimum atomic E-state index is 0.356. The molecule has 0 aromatic carbocycles. The minimum Gasteiger partial charge on any atom is -0.329 e. The Kier molecular flexibility index (Phi) is 3.91. The lowest BCUT2D eigenvalue weighted by molar-refractivity contribution is 0.0319. The molecule has 0 radical (unpaired) electrons. The number of hydrogen-bond donors (Lipinski definition) is 1. The topological polar surface area (TPSA) is 29.3 Å². The molecule has 2 heteroatoms. The normalized spacial score (nSPS) is 35.6. The van der Waals surface area contributed by atoms with Gasteiger partial charge < -0.3 is 5.73 Å². The number of rotatable bonds is 5. The molecule has 0 aromatic rings. The van der Waals surface area contributed by atoms with Crippen LogP contribution in [0.4, 0.5) is 0 Å². The quantitative estimate of drug-likeness (QED) is 0.778. The van der Waals surface area contributed by atoms with Crippen molar-refractivity contribution in [2.75, 3.05) is 13.1 Å². The molecule has 0 saturated heterocycles. The van der Waals surface area contributed by atoms with Gasteiger partial charge in [-0.05, 0) is 44.6 Å². The van der Waals surface area contributed by atoms with Crippen molar-refractivity contribution in [2.24, 2.45) is 11.7 Å². The van der Waals surface area contributed by atoms with E-state index in [1.165, 1.54) is 51.5 Å². The molecule has 2 fully saturated rings. The lowest BCUT2D eigenvalue weighted by Crippen LogP contribution is -2.57. The molecular formula is C14H28N2. The van der Waals surface area contributed by atoms with Gasteiger partial charge in [0, 0.05) is 18.1 Å². The molecule has 2 atom stereocenters. The summed E-state index contributed by atoms with van der Waals surface area (Å²) in [6.07, 6.45) is 9.56. The fraction of sp³-hybridized carbons (Fsp3) is 1.00. The Bertz CT molecular complexity index is 225. The van der Waals surface area contributed by atoms with Crippen molar-refractivity contribution in [3.05, 3.63) is 0 Å². The van der Waals surface area contributed by atoms with E-state index in [2.05, 4.69) is 18.7 Å². The van der Waals surface area contributed by atoms with Gasteiger partial charge in [-0.1, -0.05) is 26.7 Å². The van der Waals surface area contributed by atoms with Crippen molar-refractivity contribution in [3.8, 4) is 0 Å². The average molecular weight is 224 g/mol. The molecule has 2 aliphatic rings. The molecule has 2 N–H and O–H groups in total. The predicted molar refractivity (Wildman–Crippen MR) is 69.4 cm³/mol. The maximum Gasteiger partial charge on any atom is 0.0337 e. The van der Waals surface area contributed by atoms with Gasteiger partial charge in [-0.2, -0.15) is 0 Å². The first-order valence-corrected chi connectivity index (χ1v) is 7.18. The molecule has 0 aliphatic heterocycles. The summed E-state index contributed by atoms with van der Waals surface area (Å²) in [5, 5.41) is 0. The van der Waals surface area contributed by atoms with Gasteiger partial charge >= 0.3 is 0 Å². The van der Waals surface area contributed by atoms with Crippen molar-refractivity contribution >= 4 is 0 Å². The van der Waals surface area contributed by atoms with Crippen molar-refractivity contribution in [1.29, 1.82) is 0 Å². The molecule has 0 spiro atoms. The zero-order valence-electron chi connectivity index (χ0n) is 11.0. The van der Waals surface area contributed by atoms with E-state index in [4.69, 9.17) is 5.73 Å². The molecule has 0 aromatic heterocycles. The van der Waals surface area contributed by atoms with Crippen molar-refractivity contribution in [2.45, 2.75) is 70.4 Å². The monoisotopic (exact) mass is 224 g/mol. The highest BCUT2D eigenvalue weighted by molar-refractivity contribution is 5.01. The smallest absolute Gasteiger partial charge is 0.0337 e. The van der Waals surface area contributed by atoms with Gasteiger partial charge in [-0.25, -0.2) is 0 Å². The molecule has 2 rings (SSSR count). The molecule has 2 nitrogen and oxygen atoms in total. The fourth-order valence-electron chi connectivity index (χ4n) is 3.63. The summed E-state index contributed by atoms with van der Waals surface area (Å²) in [6.45, 7) is 6.83. The van der Waals surface area contributed by atoms with Gasteiger partial charge in [0.25, 0.3) is 0 Å². The molecule has 0 bridgehead atoms. The first-order valence-electron chi connectivity index (χ1n) is 7.18. The Morgan fingerprint density at radius 3 is 2.56 bits per heavy atom. The van der Waals surface area contributed by atoms with Gasteiger partial charge in [0.15, 0.2) is 0 Å². The van der Waals surface area contributed by atoms with E-state index in [-0.39, 0.29) is 0 Å². The standard InChI is InChI=1S/C14H28N2/c1-3-9-16(13-6-7-13)14(11-15)8-4-5-12(2)10-14/h12-13H,3-11,15H2,1-2H3. The van der Waals surface area contributed by atoms with Crippen LogP contribution in [-0.2, 0) is 0 Å². The maximum absolute atomic E-state index is 6.16. The summed E-state index contributed by atoms with van der Waals surface area (Å²) in [6, 6.07) is 0.869. The van der Waals surface area contributed by atoms with Crippen LogP contribution in [0, 0.1) is 5.92 Å². The van der Waals surface area contributed by atoms with Gasteiger partial charge in [-0.3, -0.25) is 4.90 Å². The summed E-state index contributed by atoms with van der Waals surface area (Å²) >= 11 is 0. The molecule has 2 unspecified atom stereocenters. The molecule has 94 valence electrons. The van der Waals surface area contributed by atoms with Gasteiger partial charge in [0.1, 0.15) is 0 Å². The lowest BCUT2D eigenvalue weighted by Gasteiger charge is -2.48. The summed E-state index contributed by atoms with van der Waals surface area (Å²) in [7, 11) is 0. The molecular weight excluding hydrogens is 196 g/mol. The van der Waals surface area contributed by atoms with E-state index < -0.39 is 0 Å². The second-order valence-corrected chi connectivity index (χ2v) is 6.05. The number of nitrogens with zero attached hydrogens (tertiary/aromatic N) is 1. The highest BCUT2D eigenvalue weighted by atomic mass is 15.3. The van der Waals surface area contributed by atoms with Gasteiger partial charge in [-0.15, -0.1) is 0 Å². The van der Waals surface area contributed by atoms with E-state index >= 15 is 0 Å². The highest BCUT2D eigenvalue weighted by Crippen LogP contribution is 2.42. The lowest BCUT2D eigenvalue weighted by atomic mass is 9.75. The van der Waals surface area contributed by atoms with Gasteiger partial charge in [0.05, 0.1) is 0 Å². The first kappa shape index (κ1) is 12.4. The predicted octanol–water partition coefficient (Wildman–Crippen LogP) is 2.77. The largest absolute Gasteiger partial charge is 0.329 e. The highest BCUT2D eigenvalue weighted by Gasteiger charge is 2.44. The van der Waals surface area contributed by atoms with Crippen molar-refractivity contribution < 1.29 is 0 Å². The molecule has 2 aliphatic carbocycles. The zero-order valence-corrected chi connectivity index (χ0v) is 11.0. The summed E-state index contributed by atoms with van der Waals surface area (Å²) in [5.41, 5.74) is 6.51. The summed E-state index contributed by atoms with van der Waals surface area (Å²) in [5.74, 6) is 0.871. The van der Waals surface area contributed by atoms with Crippen LogP contribution in [0.2, 0.25) is 0 Å². The Morgan fingerprint density at radius 1 is 1.31 bits per heavy atom. The number of hydrogen-bond acceptors (Lipinski definition) is 2. The molecule has 16 heavy (non-hydrogen) atoms. The third kappa shape index (κ3) is 2.43.